The fraction of sp³-hybridized carbons (Fsp3) is 0.480. The van der Waals surface area contributed by atoms with Gasteiger partial charge in [-0.3, -0.25) is 9.78 Å². The molecule has 0 saturated carbocycles. The van der Waals surface area contributed by atoms with Crippen molar-refractivity contribution in [3.05, 3.63) is 65.3 Å². The normalized spacial score (nSPS) is 14.5. The second kappa shape index (κ2) is 10.4. The molecule has 0 N–H and O–H groups in total. The summed E-state index contributed by atoms with van der Waals surface area (Å²) in [7, 11) is 0. The number of carbonyl (C=O) groups excluding carboxylic acids is 1. The minimum Gasteiger partial charge on any atom is -0.367 e. The highest BCUT2D eigenvalue weighted by molar-refractivity contribution is 5.73. The molecule has 0 aliphatic carbocycles. The summed E-state index contributed by atoms with van der Waals surface area (Å²) in [5.74, 6) is 1.68. The fourth-order valence-corrected chi connectivity index (χ4v) is 3.82. The van der Waals surface area contributed by atoms with Crippen molar-refractivity contribution in [1.29, 1.82) is 0 Å². The zero-order chi connectivity index (χ0) is 20.6. The van der Waals surface area contributed by atoms with Crippen LogP contribution in [0.1, 0.15) is 50.4 Å². The van der Waals surface area contributed by atoms with E-state index in [1.165, 1.54) is 29.9 Å². The summed E-state index contributed by atoms with van der Waals surface area (Å²) in [6.07, 6.45) is 7.58. The number of carbonyl (C=O) groups is 1. The maximum Gasteiger partial charge on any atom is 0.219 e. The average Bonchev–Trinajstić information content (AvgIpc) is 2.73. The van der Waals surface area contributed by atoms with E-state index in [1.807, 2.05) is 11.1 Å². The van der Waals surface area contributed by atoms with Gasteiger partial charge in [-0.05, 0) is 61.3 Å². The molecule has 1 aromatic heterocycles. The number of hydrogen-bond donors (Lipinski definition) is 0. The minimum atomic E-state index is 0.167. The number of piperazine rings is 1. The number of benzene rings is 1. The summed E-state index contributed by atoms with van der Waals surface area (Å²) in [6, 6.07) is 13.4. The van der Waals surface area contributed by atoms with Crippen molar-refractivity contribution in [2.45, 2.75) is 52.9 Å². The monoisotopic (exact) mass is 392 g/mol. The van der Waals surface area contributed by atoms with Crippen molar-refractivity contribution in [3.63, 3.8) is 0 Å². The quantitative estimate of drug-likeness (QED) is 0.665. The number of nitrogens with zero attached hydrogens (tertiary/aromatic N) is 3. The highest BCUT2D eigenvalue weighted by Gasteiger charge is 2.18. The summed E-state index contributed by atoms with van der Waals surface area (Å²) in [4.78, 5) is 20.4. The third kappa shape index (κ3) is 6.59. The summed E-state index contributed by atoms with van der Waals surface area (Å²) >= 11 is 0. The summed E-state index contributed by atoms with van der Waals surface area (Å²) in [6.45, 7) is 9.40. The van der Waals surface area contributed by atoms with Crippen LogP contribution < -0.4 is 4.90 Å². The Morgan fingerprint density at radius 3 is 2.07 bits per heavy atom. The van der Waals surface area contributed by atoms with Gasteiger partial charge < -0.3 is 9.80 Å². The maximum atomic E-state index is 11.5. The SMILES string of the molecule is C[C](C)CCCc1ccc(CCc2ccc(N3CCN(C(C)=O)CC3)cn2)cc1. The highest BCUT2D eigenvalue weighted by Crippen LogP contribution is 2.17. The Kier molecular flexibility index (Phi) is 7.68. The number of aromatic nitrogens is 1. The van der Waals surface area contributed by atoms with Crippen LogP contribution in [0, 0.1) is 5.92 Å². The topological polar surface area (TPSA) is 36.4 Å². The van der Waals surface area contributed by atoms with Gasteiger partial charge in [0.05, 0.1) is 11.9 Å². The molecule has 1 fully saturated rings. The van der Waals surface area contributed by atoms with Crippen molar-refractivity contribution in [3.8, 4) is 0 Å². The first-order valence-corrected chi connectivity index (χ1v) is 10.8. The van der Waals surface area contributed by atoms with Crippen LogP contribution in [0.15, 0.2) is 42.6 Å². The standard InChI is InChI=1S/C25H34N3O/c1-20(2)5-4-6-22-7-9-23(10-8-22)11-12-24-13-14-25(19-26-24)28-17-15-27(16-18-28)21(3)29/h7-10,13-14,19H,4-6,11-12,15-18H2,1-3H3. The lowest BCUT2D eigenvalue weighted by Crippen LogP contribution is -2.48. The zero-order valence-corrected chi connectivity index (χ0v) is 18.2. The Bertz CT molecular complexity index is 760. The van der Waals surface area contributed by atoms with Crippen LogP contribution in [0.25, 0.3) is 0 Å². The minimum absolute atomic E-state index is 0.167. The van der Waals surface area contributed by atoms with Gasteiger partial charge in [0, 0.05) is 38.8 Å². The van der Waals surface area contributed by atoms with Crippen LogP contribution in [-0.2, 0) is 24.1 Å². The van der Waals surface area contributed by atoms with Crippen LogP contribution in [-0.4, -0.2) is 42.0 Å². The molecule has 1 saturated heterocycles. The molecule has 4 heteroatoms. The Labute approximate surface area is 175 Å². The Morgan fingerprint density at radius 2 is 1.52 bits per heavy atom. The van der Waals surface area contributed by atoms with Crippen LogP contribution in [0.4, 0.5) is 5.69 Å². The number of anilines is 1. The molecule has 4 nitrogen and oxygen atoms in total. The molecule has 1 aliphatic rings. The van der Waals surface area contributed by atoms with E-state index in [-0.39, 0.29) is 5.91 Å². The van der Waals surface area contributed by atoms with E-state index < -0.39 is 0 Å². The van der Waals surface area contributed by atoms with E-state index in [0.717, 1.165) is 56.8 Å². The smallest absolute Gasteiger partial charge is 0.219 e. The predicted octanol–water partition coefficient (Wildman–Crippen LogP) is 4.47. The van der Waals surface area contributed by atoms with E-state index in [4.69, 9.17) is 0 Å². The summed E-state index contributed by atoms with van der Waals surface area (Å²) in [5, 5.41) is 0. The second-order valence-corrected chi connectivity index (χ2v) is 8.38. The Balaban J connectivity index is 1.45. The molecule has 1 aliphatic heterocycles. The summed E-state index contributed by atoms with van der Waals surface area (Å²) in [5.41, 5.74) is 5.09. The lowest BCUT2D eigenvalue weighted by atomic mass is 10.0. The van der Waals surface area contributed by atoms with Gasteiger partial charge in [-0.2, -0.15) is 0 Å². The fourth-order valence-electron chi connectivity index (χ4n) is 3.82. The first-order valence-electron chi connectivity index (χ1n) is 10.8. The second-order valence-electron chi connectivity index (χ2n) is 8.38. The number of pyridine rings is 1. The molecule has 155 valence electrons. The van der Waals surface area contributed by atoms with E-state index >= 15 is 0 Å². The van der Waals surface area contributed by atoms with Crippen LogP contribution in [0.2, 0.25) is 0 Å². The number of amides is 1. The third-order valence-corrected chi connectivity index (χ3v) is 5.73. The molecule has 0 atom stereocenters. The molecule has 0 spiro atoms. The molecule has 29 heavy (non-hydrogen) atoms. The first kappa shape index (κ1) is 21.4. The van der Waals surface area contributed by atoms with Crippen molar-refractivity contribution in [2.24, 2.45) is 0 Å². The van der Waals surface area contributed by atoms with E-state index in [9.17, 15) is 4.79 Å². The molecular formula is C25H34N3O. The van der Waals surface area contributed by atoms with Crippen molar-refractivity contribution < 1.29 is 4.79 Å². The van der Waals surface area contributed by atoms with Gasteiger partial charge in [-0.15, -0.1) is 0 Å². The van der Waals surface area contributed by atoms with Gasteiger partial charge in [0.15, 0.2) is 0 Å². The van der Waals surface area contributed by atoms with Gasteiger partial charge in [-0.1, -0.05) is 38.1 Å². The lowest BCUT2D eigenvalue weighted by Gasteiger charge is -2.35. The van der Waals surface area contributed by atoms with Gasteiger partial charge >= 0.3 is 0 Å². The van der Waals surface area contributed by atoms with Gasteiger partial charge in [-0.25, -0.2) is 0 Å². The van der Waals surface area contributed by atoms with Gasteiger partial charge in [0.25, 0.3) is 0 Å². The summed E-state index contributed by atoms with van der Waals surface area (Å²) < 4.78 is 0. The van der Waals surface area contributed by atoms with E-state index in [2.05, 4.69) is 60.1 Å². The molecule has 1 radical (unpaired) electrons. The third-order valence-electron chi connectivity index (χ3n) is 5.73. The molecule has 0 unspecified atom stereocenters. The lowest BCUT2D eigenvalue weighted by molar-refractivity contribution is -0.129. The highest BCUT2D eigenvalue weighted by atomic mass is 16.2. The zero-order valence-electron chi connectivity index (χ0n) is 18.2. The molecule has 2 heterocycles. The van der Waals surface area contributed by atoms with Crippen LogP contribution in [0.5, 0.6) is 0 Å². The predicted molar refractivity (Wildman–Crippen MR) is 120 cm³/mol. The Morgan fingerprint density at radius 1 is 0.862 bits per heavy atom. The maximum absolute atomic E-state index is 11.5. The number of hydrogen-bond acceptors (Lipinski definition) is 3. The molecule has 2 aromatic rings. The van der Waals surface area contributed by atoms with E-state index in [1.54, 1.807) is 6.92 Å². The van der Waals surface area contributed by atoms with Gasteiger partial charge in [0.2, 0.25) is 5.91 Å². The Hall–Kier alpha value is -2.36. The van der Waals surface area contributed by atoms with Crippen molar-refractivity contribution in [1.82, 2.24) is 9.88 Å². The molecule has 1 amide bonds. The first-order chi connectivity index (χ1) is 14.0. The number of aryl methyl sites for hydroxylation is 3. The largest absolute Gasteiger partial charge is 0.367 e. The molecule has 1 aromatic carbocycles. The molecular weight excluding hydrogens is 358 g/mol. The van der Waals surface area contributed by atoms with Crippen LogP contribution in [0.3, 0.4) is 0 Å². The average molecular weight is 393 g/mol. The van der Waals surface area contributed by atoms with E-state index in [0.29, 0.717) is 0 Å². The molecule has 3 rings (SSSR count). The van der Waals surface area contributed by atoms with Crippen molar-refractivity contribution >= 4 is 11.6 Å². The number of rotatable bonds is 8. The molecule has 0 bridgehead atoms. The van der Waals surface area contributed by atoms with Crippen LogP contribution >= 0.6 is 0 Å². The van der Waals surface area contributed by atoms with Crippen molar-refractivity contribution in [2.75, 3.05) is 31.1 Å². The van der Waals surface area contributed by atoms with Gasteiger partial charge in [0.1, 0.15) is 0 Å².